The van der Waals surface area contributed by atoms with E-state index in [0.717, 1.165) is 30.0 Å². The molecule has 0 aliphatic carbocycles. The zero-order valence-electron chi connectivity index (χ0n) is 13.4. The summed E-state index contributed by atoms with van der Waals surface area (Å²) in [4.78, 5) is 8.45. The smallest absolute Gasteiger partial charge is 0.128 e. The minimum absolute atomic E-state index is 0.0362. The summed E-state index contributed by atoms with van der Waals surface area (Å²) in [5, 5.41) is 2.13. The maximum absolute atomic E-state index is 5.84. The SMILES string of the molecule is CN(CCc1cccs1)c1cc(CN)cc(C(C)(C)C)n1. The van der Waals surface area contributed by atoms with Crippen molar-refractivity contribution in [2.24, 2.45) is 5.73 Å². The lowest BCUT2D eigenvalue weighted by Gasteiger charge is -2.24. The lowest BCUT2D eigenvalue weighted by atomic mass is 9.90. The van der Waals surface area contributed by atoms with Crippen molar-refractivity contribution in [2.45, 2.75) is 39.2 Å². The lowest BCUT2D eigenvalue weighted by Crippen LogP contribution is -2.24. The predicted octanol–water partition coefficient (Wildman–Crippen LogP) is 3.58. The van der Waals surface area contributed by atoms with Crippen LogP contribution in [0.15, 0.2) is 29.6 Å². The Balaban J connectivity index is 2.17. The number of hydrogen-bond acceptors (Lipinski definition) is 4. The largest absolute Gasteiger partial charge is 0.359 e. The van der Waals surface area contributed by atoms with Crippen molar-refractivity contribution in [1.82, 2.24) is 4.98 Å². The monoisotopic (exact) mass is 303 g/mol. The topological polar surface area (TPSA) is 42.1 Å². The van der Waals surface area contributed by atoms with Crippen LogP contribution in [0.1, 0.15) is 36.9 Å². The summed E-state index contributed by atoms with van der Waals surface area (Å²) in [7, 11) is 2.10. The summed E-state index contributed by atoms with van der Waals surface area (Å²) in [6, 6.07) is 8.51. The van der Waals surface area contributed by atoms with E-state index in [0.29, 0.717) is 6.54 Å². The zero-order valence-corrected chi connectivity index (χ0v) is 14.2. The fraction of sp³-hybridized carbons (Fsp3) is 0.471. The molecule has 0 saturated carbocycles. The van der Waals surface area contributed by atoms with E-state index in [1.807, 2.05) is 11.3 Å². The molecule has 114 valence electrons. The second-order valence-electron chi connectivity index (χ2n) is 6.42. The minimum atomic E-state index is 0.0362. The molecule has 0 amide bonds. The van der Waals surface area contributed by atoms with Gasteiger partial charge in [-0.25, -0.2) is 4.98 Å². The number of nitrogens with two attached hydrogens (primary N) is 1. The van der Waals surface area contributed by atoms with Crippen LogP contribution in [0.25, 0.3) is 0 Å². The van der Waals surface area contributed by atoms with Gasteiger partial charge in [0.1, 0.15) is 5.82 Å². The van der Waals surface area contributed by atoms with Crippen LogP contribution in [-0.4, -0.2) is 18.6 Å². The van der Waals surface area contributed by atoms with Crippen molar-refractivity contribution < 1.29 is 0 Å². The molecule has 2 N–H and O–H groups in total. The third kappa shape index (κ3) is 4.29. The van der Waals surface area contributed by atoms with E-state index < -0.39 is 0 Å². The van der Waals surface area contributed by atoms with Crippen LogP contribution >= 0.6 is 11.3 Å². The van der Waals surface area contributed by atoms with Crippen LogP contribution in [0.3, 0.4) is 0 Å². The quantitative estimate of drug-likeness (QED) is 0.918. The molecule has 21 heavy (non-hydrogen) atoms. The first-order valence-corrected chi connectivity index (χ1v) is 8.23. The van der Waals surface area contributed by atoms with Crippen LogP contribution in [0.5, 0.6) is 0 Å². The van der Waals surface area contributed by atoms with Gasteiger partial charge in [0.15, 0.2) is 0 Å². The van der Waals surface area contributed by atoms with E-state index in [-0.39, 0.29) is 5.41 Å². The van der Waals surface area contributed by atoms with Gasteiger partial charge in [-0.2, -0.15) is 0 Å². The van der Waals surface area contributed by atoms with Crippen LogP contribution in [0.2, 0.25) is 0 Å². The highest BCUT2D eigenvalue weighted by atomic mass is 32.1. The summed E-state index contributed by atoms with van der Waals surface area (Å²) in [5.41, 5.74) is 8.12. The fourth-order valence-corrected chi connectivity index (χ4v) is 2.81. The predicted molar refractivity (Wildman–Crippen MR) is 92.1 cm³/mol. The van der Waals surface area contributed by atoms with Crippen LogP contribution < -0.4 is 10.6 Å². The number of hydrogen-bond donors (Lipinski definition) is 1. The van der Waals surface area contributed by atoms with Gasteiger partial charge in [-0.05, 0) is 35.6 Å². The molecule has 0 bridgehead atoms. The molecule has 0 fully saturated rings. The van der Waals surface area contributed by atoms with E-state index in [4.69, 9.17) is 10.7 Å². The average molecular weight is 303 g/mol. The van der Waals surface area contributed by atoms with Gasteiger partial charge in [0.25, 0.3) is 0 Å². The highest BCUT2D eigenvalue weighted by Crippen LogP contribution is 2.24. The second-order valence-corrected chi connectivity index (χ2v) is 7.46. The molecule has 0 aromatic carbocycles. The summed E-state index contributed by atoms with van der Waals surface area (Å²) >= 11 is 1.81. The fourth-order valence-electron chi connectivity index (χ4n) is 2.12. The van der Waals surface area contributed by atoms with Crippen molar-refractivity contribution >= 4 is 17.2 Å². The Hall–Kier alpha value is -1.39. The van der Waals surface area contributed by atoms with E-state index in [1.54, 1.807) is 0 Å². The van der Waals surface area contributed by atoms with Crippen LogP contribution in [0.4, 0.5) is 5.82 Å². The highest BCUT2D eigenvalue weighted by Gasteiger charge is 2.18. The number of pyridine rings is 1. The Labute approximate surface area is 131 Å². The zero-order chi connectivity index (χ0) is 15.5. The minimum Gasteiger partial charge on any atom is -0.359 e. The van der Waals surface area contributed by atoms with E-state index in [2.05, 4.69) is 62.4 Å². The summed E-state index contributed by atoms with van der Waals surface area (Å²) < 4.78 is 0. The van der Waals surface area contributed by atoms with Gasteiger partial charge in [0.2, 0.25) is 0 Å². The average Bonchev–Trinajstić information content (AvgIpc) is 2.96. The summed E-state index contributed by atoms with van der Waals surface area (Å²) in [6.07, 6.45) is 1.05. The Bertz CT molecular complexity index is 570. The summed E-state index contributed by atoms with van der Waals surface area (Å²) in [6.45, 7) is 8.07. The molecule has 0 radical (unpaired) electrons. The van der Waals surface area contributed by atoms with Crippen molar-refractivity contribution in [3.8, 4) is 0 Å². The maximum atomic E-state index is 5.84. The van der Waals surface area contributed by atoms with Gasteiger partial charge in [-0.3, -0.25) is 0 Å². The molecular weight excluding hydrogens is 278 g/mol. The van der Waals surface area contributed by atoms with Crippen LogP contribution in [0, 0.1) is 0 Å². The molecule has 4 heteroatoms. The molecule has 0 aliphatic heterocycles. The van der Waals surface area contributed by atoms with Crippen LogP contribution in [-0.2, 0) is 18.4 Å². The number of aromatic nitrogens is 1. The standard InChI is InChI=1S/C17H25N3S/c1-17(2,3)15-10-13(12-18)11-16(19-15)20(4)8-7-14-6-5-9-21-14/h5-6,9-11H,7-8,12,18H2,1-4H3. The van der Waals surface area contributed by atoms with Gasteiger partial charge < -0.3 is 10.6 Å². The molecule has 2 aromatic rings. The first-order valence-electron chi connectivity index (χ1n) is 7.35. The first-order chi connectivity index (χ1) is 9.90. The molecule has 2 aromatic heterocycles. The molecule has 2 heterocycles. The molecule has 2 rings (SSSR count). The highest BCUT2D eigenvalue weighted by molar-refractivity contribution is 7.09. The molecule has 3 nitrogen and oxygen atoms in total. The Kier molecular flexibility index (Phi) is 5.01. The Morgan fingerprint density at radius 1 is 1.29 bits per heavy atom. The number of thiophene rings is 1. The normalized spacial score (nSPS) is 11.7. The van der Waals surface area contributed by atoms with Crippen molar-refractivity contribution in [2.75, 3.05) is 18.5 Å². The molecule has 0 atom stereocenters. The molecule has 0 spiro atoms. The Morgan fingerprint density at radius 3 is 2.62 bits per heavy atom. The van der Waals surface area contributed by atoms with E-state index >= 15 is 0 Å². The Morgan fingerprint density at radius 2 is 2.05 bits per heavy atom. The van der Waals surface area contributed by atoms with Crippen molar-refractivity contribution in [1.29, 1.82) is 0 Å². The van der Waals surface area contributed by atoms with Crippen molar-refractivity contribution in [3.05, 3.63) is 45.8 Å². The second kappa shape index (κ2) is 6.58. The summed E-state index contributed by atoms with van der Waals surface area (Å²) in [5.74, 6) is 1.01. The number of anilines is 1. The lowest BCUT2D eigenvalue weighted by molar-refractivity contribution is 0.567. The molecule has 0 unspecified atom stereocenters. The van der Waals surface area contributed by atoms with E-state index in [9.17, 15) is 0 Å². The molecule has 0 aliphatic rings. The van der Waals surface area contributed by atoms with Gasteiger partial charge in [-0.1, -0.05) is 26.8 Å². The van der Waals surface area contributed by atoms with E-state index in [1.165, 1.54) is 4.88 Å². The third-order valence-electron chi connectivity index (χ3n) is 3.54. The number of likely N-dealkylation sites (N-methyl/N-ethyl adjacent to an activating group) is 1. The number of rotatable bonds is 5. The number of nitrogens with zero attached hydrogens (tertiary/aromatic N) is 2. The third-order valence-corrected chi connectivity index (χ3v) is 4.48. The maximum Gasteiger partial charge on any atom is 0.128 e. The van der Waals surface area contributed by atoms with Crippen molar-refractivity contribution in [3.63, 3.8) is 0 Å². The molecular formula is C17H25N3S. The first kappa shape index (κ1) is 16.0. The van der Waals surface area contributed by atoms with Gasteiger partial charge in [-0.15, -0.1) is 11.3 Å². The van der Waals surface area contributed by atoms with Gasteiger partial charge in [0.05, 0.1) is 0 Å². The van der Waals surface area contributed by atoms with Gasteiger partial charge in [0, 0.05) is 36.1 Å². The van der Waals surface area contributed by atoms with Gasteiger partial charge >= 0.3 is 0 Å². The molecule has 0 saturated heterocycles.